The summed E-state index contributed by atoms with van der Waals surface area (Å²) in [5.74, 6) is 1.24. The third-order valence-corrected chi connectivity index (χ3v) is 6.74. The van der Waals surface area contributed by atoms with Crippen molar-refractivity contribution >= 4 is 0 Å². The van der Waals surface area contributed by atoms with Gasteiger partial charge in [-0.2, -0.15) is 0 Å². The molecule has 0 saturated heterocycles. The molecule has 0 aromatic rings. The first-order valence-corrected chi connectivity index (χ1v) is 9.76. The Bertz CT molecular complexity index is 460. The zero-order valence-electron chi connectivity index (χ0n) is 16.8. The molecule has 2 aliphatic rings. The van der Waals surface area contributed by atoms with Gasteiger partial charge in [-0.3, -0.25) is 0 Å². The summed E-state index contributed by atoms with van der Waals surface area (Å²) < 4.78 is 5.85. The highest BCUT2D eigenvalue weighted by Gasteiger charge is 2.56. The SMILES string of the molecule is CCO[C@H](C)CC(N[C@H]1C[C@@H](C)C(N)C(C)=C1C)C1(NC)C[C@H]1C. The molecule has 0 heterocycles. The van der Waals surface area contributed by atoms with Crippen LogP contribution in [0.4, 0.5) is 0 Å². The highest BCUT2D eigenvalue weighted by molar-refractivity contribution is 5.27. The van der Waals surface area contributed by atoms with E-state index in [1.165, 1.54) is 17.6 Å². The minimum atomic E-state index is 0.210. The molecule has 4 heteroatoms. The molecule has 0 radical (unpaired) electrons. The summed E-state index contributed by atoms with van der Waals surface area (Å²) in [5, 5.41) is 7.63. The van der Waals surface area contributed by atoms with E-state index in [1.807, 2.05) is 0 Å². The van der Waals surface area contributed by atoms with Gasteiger partial charge in [0.05, 0.1) is 6.10 Å². The van der Waals surface area contributed by atoms with Gasteiger partial charge >= 0.3 is 0 Å². The minimum Gasteiger partial charge on any atom is -0.379 e. The summed E-state index contributed by atoms with van der Waals surface area (Å²) in [7, 11) is 2.11. The van der Waals surface area contributed by atoms with Crippen LogP contribution in [0.1, 0.15) is 60.8 Å². The fraction of sp³-hybridized carbons (Fsp3) is 0.900. The first-order chi connectivity index (χ1) is 11.3. The summed E-state index contributed by atoms with van der Waals surface area (Å²) in [6.07, 6.45) is 3.68. The number of nitrogens with one attached hydrogen (secondary N) is 2. The maximum Gasteiger partial charge on any atom is 0.0562 e. The van der Waals surface area contributed by atoms with E-state index in [9.17, 15) is 0 Å². The molecular weight excluding hydrogens is 298 g/mol. The first-order valence-electron chi connectivity index (χ1n) is 9.76. The highest BCUT2D eigenvalue weighted by atomic mass is 16.5. The quantitative estimate of drug-likeness (QED) is 0.596. The molecule has 0 aromatic heterocycles. The lowest BCUT2D eigenvalue weighted by atomic mass is 9.78. The number of likely N-dealkylation sites (N-methyl/N-ethyl adjacent to an activating group) is 1. The van der Waals surface area contributed by atoms with Crippen LogP contribution >= 0.6 is 0 Å². The van der Waals surface area contributed by atoms with Crippen LogP contribution in [0, 0.1) is 11.8 Å². The number of nitrogens with two attached hydrogens (primary N) is 1. The number of hydrogen-bond donors (Lipinski definition) is 3. The summed E-state index contributed by atoms with van der Waals surface area (Å²) in [6, 6.07) is 1.06. The minimum absolute atomic E-state index is 0.210. The van der Waals surface area contributed by atoms with Crippen molar-refractivity contribution in [2.75, 3.05) is 13.7 Å². The lowest BCUT2D eigenvalue weighted by molar-refractivity contribution is 0.0551. The fourth-order valence-corrected chi connectivity index (χ4v) is 4.66. The number of rotatable bonds is 8. The van der Waals surface area contributed by atoms with E-state index in [0.717, 1.165) is 19.4 Å². The van der Waals surface area contributed by atoms with Crippen molar-refractivity contribution in [1.29, 1.82) is 0 Å². The normalized spacial score (nSPS) is 39.0. The van der Waals surface area contributed by atoms with Crippen LogP contribution in [0.3, 0.4) is 0 Å². The average Bonchev–Trinajstić information content (AvgIpc) is 3.21. The Balaban J connectivity index is 2.16. The van der Waals surface area contributed by atoms with Crippen molar-refractivity contribution in [1.82, 2.24) is 10.6 Å². The predicted octanol–water partition coefficient (Wildman–Crippen LogP) is 2.83. The fourth-order valence-electron chi connectivity index (χ4n) is 4.66. The van der Waals surface area contributed by atoms with Gasteiger partial charge in [0.25, 0.3) is 0 Å². The Morgan fingerprint density at radius 3 is 2.42 bits per heavy atom. The van der Waals surface area contributed by atoms with Crippen LogP contribution in [-0.2, 0) is 4.74 Å². The van der Waals surface area contributed by atoms with E-state index in [1.54, 1.807) is 0 Å². The molecule has 24 heavy (non-hydrogen) atoms. The Morgan fingerprint density at radius 1 is 1.29 bits per heavy atom. The summed E-state index contributed by atoms with van der Waals surface area (Å²) in [5.41, 5.74) is 9.37. The Labute approximate surface area is 149 Å². The highest BCUT2D eigenvalue weighted by Crippen LogP contribution is 2.47. The van der Waals surface area contributed by atoms with Crippen molar-refractivity contribution in [2.45, 2.75) is 90.6 Å². The molecule has 7 atom stereocenters. The summed E-state index contributed by atoms with van der Waals surface area (Å²) >= 11 is 0. The Morgan fingerprint density at radius 2 is 1.92 bits per heavy atom. The second-order valence-electron chi connectivity index (χ2n) is 8.27. The van der Waals surface area contributed by atoms with Crippen LogP contribution in [0.2, 0.25) is 0 Å². The third-order valence-electron chi connectivity index (χ3n) is 6.74. The second-order valence-corrected chi connectivity index (χ2v) is 8.27. The molecule has 4 nitrogen and oxygen atoms in total. The van der Waals surface area contributed by atoms with Crippen molar-refractivity contribution in [3.8, 4) is 0 Å². The average molecular weight is 338 g/mol. The lowest BCUT2D eigenvalue weighted by Gasteiger charge is -2.40. The molecule has 0 aliphatic heterocycles. The van der Waals surface area contributed by atoms with Crippen molar-refractivity contribution in [3.63, 3.8) is 0 Å². The standard InChI is InChI=1S/C20H39N3O/c1-8-24-14(4)10-18(20(22-7)11-13(20)3)23-17-9-12(2)19(21)16(6)15(17)5/h12-14,17-19,22-23H,8-11,21H2,1-7H3/t12-,13-,14-,17+,18?,19?,20?/m1/s1. The van der Waals surface area contributed by atoms with Crippen molar-refractivity contribution < 1.29 is 4.74 Å². The van der Waals surface area contributed by atoms with E-state index in [0.29, 0.717) is 23.9 Å². The van der Waals surface area contributed by atoms with E-state index >= 15 is 0 Å². The largest absolute Gasteiger partial charge is 0.379 e. The molecule has 0 amide bonds. The molecule has 0 bridgehead atoms. The molecule has 4 N–H and O–H groups in total. The van der Waals surface area contributed by atoms with E-state index in [2.05, 4.69) is 59.2 Å². The molecule has 0 spiro atoms. The molecule has 1 fully saturated rings. The molecule has 2 rings (SSSR count). The molecule has 2 aliphatic carbocycles. The second kappa shape index (κ2) is 7.86. The Hall–Kier alpha value is -0.420. The maximum atomic E-state index is 6.35. The van der Waals surface area contributed by atoms with E-state index in [-0.39, 0.29) is 17.7 Å². The molecular formula is C20H39N3O. The number of ether oxygens (including phenoxy) is 1. The monoisotopic (exact) mass is 337 g/mol. The van der Waals surface area contributed by atoms with Crippen LogP contribution in [0.25, 0.3) is 0 Å². The smallest absolute Gasteiger partial charge is 0.0562 e. The Kier molecular flexibility index (Phi) is 6.52. The first kappa shape index (κ1) is 19.9. The van der Waals surface area contributed by atoms with E-state index in [4.69, 9.17) is 10.5 Å². The van der Waals surface area contributed by atoms with Gasteiger partial charge in [0.2, 0.25) is 0 Å². The van der Waals surface area contributed by atoms with Gasteiger partial charge < -0.3 is 21.1 Å². The van der Waals surface area contributed by atoms with Crippen LogP contribution in [-0.4, -0.2) is 43.4 Å². The van der Waals surface area contributed by atoms with Gasteiger partial charge in [-0.15, -0.1) is 0 Å². The topological polar surface area (TPSA) is 59.3 Å². The van der Waals surface area contributed by atoms with Crippen molar-refractivity contribution in [2.24, 2.45) is 17.6 Å². The van der Waals surface area contributed by atoms with E-state index < -0.39 is 0 Å². The van der Waals surface area contributed by atoms with Crippen LogP contribution in [0.15, 0.2) is 11.1 Å². The van der Waals surface area contributed by atoms with Crippen LogP contribution < -0.4 is 16.4 Å². The van der Waals surface area contributed by atoms with Crippen molar-refractivity contribution in [3.05, 3.63) is 11.1 Å². The zero-order valence-corrected chi connectivity index (χ0v) is 16.8. The molecule has 0 aromatic carbocycles. The lowest BCUT2D eigenvalue weighted by Crippen LogP contribution is -2.56. The summed E-state index contributed by atoms with van der Waals surface area (Å²) in [6.45, 7) is 14.1. The van der Waals surface area contributed by atoms with Gasteiger partial charge in [-0.25, -0.2) is 0 Å². The van der Waals surface area contributed by atoms with Gasteiger partial charge in [-0.05, 0) is 65.8 Å². The summed E-state index contributed by atoms with van der Waals surface area (Å²) in [4.78, 5) is 0. The van der Waals surface area contributed by atoms with Gasteiger partial charge in [0.15, 0.2) is 0 Å². The predicted molar refractivity (Wildman–Crippen MR) is 102 cm³/mol. The third kappa shape index (κ3) is 3.87. The molecule has 1 saturated carbocycles. The van der Waals surface area contributed by atoms with Gasteiger partial charge in [0.1, 0.15) is 0 Å². The van der Waals surface area contributed by atoms with Crippen LogP contribution in [0.5, 0.6) is 0 Å². The van der Waals surface area contributed by atoms with Gasteiger partial charge in [0, 0.05) is 30.3 Å². The van der Waals surface area contributed by atoms with Gasteiger partial charge in [-0.1, -0.05) is 25.0 Å². The molecule has 3 unspecified atom stereocenters. The molecule has 140 valence electrons. The maximum absolute atomic E-state index is 6.35. The zero-order chi connectivity index (χ0) is 18.1. The number of hydrogen-bond acceptors (Lipinski definition) is 4.